The van der Waals surface area contributed by atoms with Crippen molar-refractivity contribution < 1.29 is 14.6 Å². The smallest absolute Gasteiger partial charge is 0.311 e. The Kier molecular flexibility index (Phi) is 3.67. The van der Waals surface area contributed by atoms with E-state index in [0.717, 1.165) is 36.1 Å². The average molecular weight is 234 g/mol. The molecule has 92 valence electrons. The van der Waals surface area contributed by atoms with Crippen molar-refractivity contribution in [1.29, 1.82) is 0 Å². The van der Waals surface area contributed by atoms with Crippen LogP contribution in [0.25, 0.3) is 0 Å². The van der Waals surface area contributed by atoms with E-state index >= 15 is 0 Å². The number of carboxylic acid groups (broad SMARTS) is 1. The topological polar surface area (TPSA) is 46.5 Å². The van der Waals surface area contributed by atoms with E-state index in [1.54, 1.807) is 0 Å². The highest BCUT2D eigenvalue weighted by Gasteiger charge is 2.26. The number of fused-ring (bicyclic) bond motifs is 1. The van der Waals surface area contributed by atoms with Crippen LogP contribution in [0.5, 0.6) is 5.75 Å². The number of unbranched alkanes of at least 4 members (excludes halogenated alkanes) is 1. The molecule has 0 fully saturated rings. The molecule has 0 spiro atoms. The van der Waals surface area contributed by atoms with Gasteiger partial charge >= 0.3 is 5.97 Å². The number of carboxylic acids is 1. The molecule has 0 saturated heterocycles. The SMILES string of the molecule is CCCCC(C(=O)O)c1cccc2c1OCC2. The van der Waals surface area contributed by atoms with E-state index in [1.807, 2.05) is 18.2 Å². The monoisotopic (exact) mass is 234 g/mol. The van der Waals surface area contributed by atoms with Gasteiger partial charge in [0.05, 0.1) is 12.5 Å². The first-order valence-electron chi connectivity index (χ1n) is 6.21. The van der Waals surface area contributed by atoms with E-state index in [4.69, 9.17) is 4.74 Å². The number of para-hydroxylation sites is 1. The quantitative estimate of drug-likeness (QED) is 0.852. The van der Waals surface area contributed by atoms with E-state index in [0.29, 0.717) is 13.0 Å². The maximum atomic E-state index is 11.4. The minimum atomic E-state index is -0.748. The van der Waals surface area contributed by atoms with Gasteiger partial charge in [0, 0.05) is 12.0 Å². The largest absolute Gasteiger partial charge is 0.493 e. The summed E-state index contributed by atoms with van der Waals surface area (Å²) in [5.41, 5.74) is 1.99. The number of carbonyl (C=O) groups is 1. The molecule has 1 aromatic rings. The van der Waals surface area contributed by atoms with Crippen molar-refractivity contribution in [2.45, 2.75) is 38.5 Å². The van der Waals surface area contributed by atoms with Crippen molar-refractivity contribution in [3.8, 4) is 5.75 Å². The second-order valence-electron chi connectivity index (χ2n) is 4.47. The summed E-state index contributed by atoms with van der Waals surface area (Å²) >= 11 is 0. The predicted octanol–water partition coefficient (Wildman–Crippen LogP) is 2.98. The van der Waals surface area contributed by atoms with Gasteiger partial charge in [0.15, 0.2) is 0 Å². The Hall–Kier alpha value is -1.51. The fraction of sp³-hybridized carbons (Fsp3) is 0.500. The van der Waals surface area contributed by atoms with Crippen LogP contribution >= 0.6 is 0 Å². The highest BCUT2D eigenvalue weighted by Crippen LogP contribution is 2.36. The molecule has 1 aliphatic heterocycles. The van der Waals surface area contributed by atoms with E-state index in [-0.39, 0.29) is 0 Å². The lowest BCUT2D eigenvalue weighted by Gasteiger charge is -2.15. The Morgan fingerprint density at radius 3 is 3.06 bits per heavy atom. The Morgan fingerprint density at radius 1 is 1.53 bits per heavy atom. The minimum Gasteiger partial charge on any atom is -0.493 e. The van der Waals surface area contributed by atoms with Gasteiger partial charge in [0.25, 0.3) is 0 Å². The summed E-state index contributed by atoms with van der Waals surface area (Å²) in [6.45, 7) is 2.75. The van der Waals surface area contributed by atoms with Crippen molar-refractivity contribution in [3.05, 3.63) is 29.3 Å². The van der Waals surface area contributed by atoms with Gasteiger partial charge < -0.3 is 9.84 Å². The average Bonchev–Trinajstić information content (AvgIpc) is 2.77. The summed E-state index contributed by atoms with van der Waals surface area (Å²) in [5.74, 6) is -0.360. The van der Waals surface area contributed by atoms with Gasteiger partial charge in [-0.2, -0.15) is 0 Å². The summed E-state index contributed by atoms with van der Waals surface area (Å²) < 4.78 is 5.58. The standard InChI is InChI=1S/C14H18O3/c1-2-3-6-12(14(15)16)11-7-4-5-10-8-9-17-13(10)11/h4-5,7,12H,2-3,6,8-9H2,1H3,(H,15,16). The molecule has 0 saturated carbocycles. The second-order valence-corrected chi connectivity index (χ2v) is 4.47. The highest BCUT2D eigenvalue weighted by molar-refractivity contribution is 5.77. The van der Waals surface area contributed by atoms with Gasteiger partial charge in [-0.1, -0.05) is 38.0 Å². The van der Waals surface area contributed by atoms with Crippen LogP contribution in [0.3, 0.4) is 0 Å². The summed E-state index contributed by atoms with van der Waals surface area (Å²) in [5, 5.41) is 9.33. The van der Waals surface area contributed by atoms with Crippen molar-refractivity contribution >= 4 is 5.97 Å². The molecule has 17 heavy (non-hydrogen) atoms. The molecular formula is C14H18O3. The summed E-state index contributed by atoms with van der Waals surface area (Å²) in [7, 11) is 0. The van der Waals surface area contributed by atoms with E-state index in [9.17, 15) is 9.90 Å². The van der Waals surface area contributed by atoms with Gasteiger partial charge in [-0.05, 0) is 12.0 Å². The van der Waals surface area contributed by atoms with Gasteiger partial charge in [-0.3, -0.25) is 4.79 Å². The number of benzene rings is 1. The third-order valence-electron chi connectivity index (χ3n) is 3.26. The number of rotatable bonds is 5. The van der Waals surface area contributed by atoms with Crippen LogP contribution in [0.4, 0.5) is 0 Å². The number of hydrogen-bond donors (Lipinski definition) is 1. The predicted molar refractivity (Wildman–Crippen MR) is 65.5 cm³/mol. The molecule has 1 unspecified atom stereocenters. The molecule has 0 aliphatic carbocycles. The number of aliphatic carboxylic acids is 1. The molecule has 1 N–H and O–H groups in total. The van der Waals surface area contributed by atoms with Gasteiger partial charge in [0.2, 0.25) is 0 Å². The van der Waals surface area contributed by atoms with Crippen LogP contribution < -0.4 is 4.74 Å². The van der Waals surface area contributed by atoms with Gasteiger partial charge in [-0.15, -0.1) is 0 Å². The lowest BCUT2D eigenvalue weighted by atomic mass is 9.91. The van der Waals surface area contributed by atoms with Crippen molar-refractivity contribution in [1.82, 2.24) is 0 Å². The third-order valence-corrected chi connectivity index (χ3v) is 3.26. The van der Waals surface area contributed by atoms with Crippen molar-refractivity contribution in [3.63, 3.8) is 0 Å². The summed E-state index contributed by atoms with van der Waals surface area (Å²) in [6.07, 6.45) is 3.52. The van der Waals surface area contributed by atoms with Crippen LogP contribution in [0.2, 0.25) is 0 Å². The maximum Gasteiger partial charge on any atom is 0.311 e. The molecular weight excluding hydrogens is 216 g/mol. The molecule has 0 radical (unpaired) electrons. The molecule has 1 aliphatic rings. The Balaban J connectivity index is 2.30. The first-order valence-corrected chi connectivity index (χ1v) is 6.21. The Labute approximate surface area is 101 Å². The van der Waals surface area contributed by atoms with Crippen LogP contribution in [0, 0.1) is 0 Å². The van der Waals surface area contributed by atoms with Crippen molar-refractivity contribution in [2.24, 2.45) is 0 Å². The highest BCUT2D eigenvalue weighted by atomic mass is 16.5. The molecule has 1 aromatic carbocycles. The fourth-order valence-electron chi connectivity index (χ4n) is 2.34. The van der Waals surface area contributed by atoms with Gasteiger partial charge in [0.1, 0.15) is 5.75 Å². The first-order chi connectivity index (χ1) is 8.24. The molecule has 3 heteroatoms. The van der Waals surface area contributed by atoms with Crippen LogP contribution in [0.15, 0.2) is 18.2 Å². The summed E-state index contributed by atoms with van der Waals surface area (Å²) in [4.78, 5) is 11.4. The molecule has 0 aromatic heterocycles. The van der Waals surface area contributed by atoms with E-state index < -0.39 is 11.9 Å². The summed E-state index contributed by atoms with van der Waals surface area (Å²) in [6, 6.07) is 5.84. The molecule has 1 atom stereocenters. The lowest BCUT2D eigenvalue weighted by Crippen LogP contribution is -2.12. The minimum absolute atomic E-state index is 0.428. The molecule has 1 heterocycles. The number of ether oxygens (including phenoxy) is 1. The first kappa shape index (κ1) is 12.0. The molecule has 0 amide bonds. The fourth-order valence-corrected chi connectivity index (χ4v) is 2.34. The second kappa shape index (κ2) is 5.21. The zero-order chi connectivity index (χ0) is 12.3. The zero-order valence-electron chi connectivity index (χ0n) is 10.1. The third kappa shape index (κ3) is 2.43. The van der Waals surface area contributed by atoms with Crippen LogP contribution in [-0.2, 0) is 11.2 Å². The lowest BCUT2D eigenvalue weighted by molar-refractivity contribution is -0.139. The molecule has 3 nitrogen and oxygen atoms in total. The van der Waals surface area contributed by atoms with Crippen LogP contribution in [0.1, 0.15) is 43.2 Å². The van der Waals surface area contributed by atoms with E-state index in [2.05, 4.69) is 6.92 Å². The zero-order valence-corrected chi connectivity index (χ0v) is 10.1. The molecule has 0 bridgehead atoms. The van der Waals surface area contributed by atoms with E-state index in [1.165, 1.54) is 0 Å². The van der Waals surface area contributed by atoms with Gasteiger partial charge in [-0.25, -0.2) is 0 Å². The Morgan fingerprint density at radius 2 is 2.35 bits per heavy atom. The van der Waals surface area contributed by atoms with Crippen LogP contribution in [-0.4, -0.2) is 17.7 Å². The van der Waals surface area contributed by atoms with Crippen molar-refractivity contribution in [2.75, 3.05) is 6.61 Å². The molecule has 2 rings (SSSR count). The maximum absolute atomic E-state index is 11.4. The number of hydrogen-bond acceptors (Lipinski definition) is 2. The normalized spacial score (nSPS) is 15.1. The Bertz CT molecular complexity index is 412.